The fourth-order valence-corrected chi connectivity index (χ4v) is 4.86. The summed E-state index contributed by atoms with van der Waals surface area (Å²) in [5.74, 6) is -0.721. The van der Waals surface area contributed by atoms with Crippen LogP contribution in [0.5, 0.6) is 17.2 Å². The number of H-pyrrole nitrogens is 1. The number of hydrogen-bond donors (Lipinski definition) is 3. The van der Waals surface area contributed by atoms with Gasteiger partial charge in [0, 0.05) is 48.9 Å². The molecule has 0 amide bonds. The monoisotopic (exact) mass is 546 g/mol. The van der Waals surface area contributed by atoms with Crippen molar-refractivity contribution in [2.24, 2.45) is 0 Å². The lowest BCUT2D eigenvalue weighted by Gasteiger charge is -2.32. The SMILES string of the molecule is Cc1cn(C2CCN(Cc3cc(OCCOC(=O)c4ccc(O)c(O)c4)c4ccccc4n3)CC2)c(=O)[nH]c1=O. The zero-order chi connectivity index (χ0) is 28.2. The lowest BCUT2D eigenvalue weighted by Crippen LogP contribution is -2.39. The number of rotatable bonds is 8. The molecule has 1 fully saturated rings. The molecule has 5 rings (SSSR count). The third kappa shape index (κ3) is 5.99. The highest BCUT2D eigenvalue weighted by Gasteiger charge is 2.22. The van der Waals surface area contributed by atoms with Crippen molar-refractivity contribution in [1.82, 2.24) is 19.4 Å². The highest BCUT2D eigenvalue weighted by Crippen LogP contribution is 2.28. The molecular formula is C29H30N4O7. The molecule has 1 aliphatic rings. The van der Waals surface area contributed by atoms with E-state index in [0.717, 1.165) is 48.6 Å². The summed E-state index contributed by atoms with van der Waals surface area (Å²) in [6.07, 6.45) is 3.18. The Morgan fingerprint density at radius 3 is 2.60 bits per heavy atom. The van der Waals surface area contributed by atoms with Gasteiger partial charge in [-0.05, 0) is 50.1 Å². The lowest BCUT2D eigenvalue weighted by atomic mass is 10.0. The standard InChI is InChI=1S/C29H30N4O7/c1-18-16-33(29(38)31-27(18)36)21-8-10-32(11-9-21)17-20-15-26(22-4-2-3-5-23(22)30-20)39-12-13-40-28(37)19-6-7-24(34)25(35)14-19/h2-7,14-16,21,34-35H,8-13,17H2,1H3,(H,31,36,38). The summed E-state index contributed by atoms with van der Waals surface area (Å²) in [6.45, 7) is 3.93. The van der Waals surface area contributed by atoms with E-state index in [4.69, 9.17) is 14.5 Å². The number of benzene rings is 2. The molecule has 0 saturated carbocycles. The number of carbonyl (C=O) groups excluding carboxylic acids is 1. The van der Waals surface area contributed by atoms with E-state index < -0.39 is 11.7 Å². The van der Waals surface area contributed by atoms with Gasteiger partial charge in [0.25, 0.3) is 5.56 Å². The molecule has 0 unspecified atom stereocenters. The highest BCUT2D eigenvalue weighted by atomic mass is 16.6. The minimum atomic E-state index is -0.637. The topological polar surface area (TPSA) is 147 Å². The zero-order valence-corrected chi connectivity index (χ0v) is 22.0. The fraction of sp³-hybridized carbons (Fsp3) is 0.310. The summed E-state index contributed by atoms with van der Waals surface area (Å²) in [4.78, 5) is 45.7. The van der Waals surface area contributed by atoms with Crippen molar-refractivity contribution >= 4 is 16.9 Å². The molecule has 208 valence electrons. The maximum absolute atomic E-state index is 12.3. The number of aromatic hydroxyl groups is 2. The number of esters is 1. The number of phenols is 2. The van der Waals surface area contributed by atoms with Gasteiger partial charge in [0.2, 0.25) is 0 Å². The number of aryl methyl sites for hydroxylation is 1. The second kappa shape index (κ2) is 11.6. The number of phenolic OH excluding ortho intramolecular Hbond substituents is 2. The summed E-state index contributed by atoms with van der Waals surface area (Å²) in [5.41, 5.74) is 1.53. The number of likely N-dealkylation sites (tertiary alicyclic amines) is 1. The van der Waals surface area contributed by atoms with E-state index in [0.29, 0.717) is 17.9 Å². The molecule has 3 N–H and O–H groups in total. The molecule has 11 nitrogen and oxygen atoms in total. The molecule has 11 heteroatoms. The summed E-state index contributed by atoms with van der Waals surface area (Å²) >= 11 is 0. The van der Waals surface area contributed by atoms with Crippen molar-refractivity contribution in [3.63, 3.8) is 0 Å². The van der Waals surface area contributed by atoms with Crippen LogP contribution in [0.1, 0.15) is 40.5 Å². The normalized spacial score (nSPS) is 14.3. The van der Waals surface area contributed by atoms with Gasteiger partial charge < -0.3 is 19.7 Å². The average molecular weight is 547 g/mol. The Hall–Kier alpha value is -4.64. The number of aromatic amines is 1. The number of piperidine rings is 1. The van der Waals surface area contributed by atoms with E-state index in [9.17, 15) is 24.6 Å². The van der Waals surface area contributed by atoms with E-state index in [1.165, 1.54) is 12.1 Å². The Morgan fingerprint density at radius 1 is 1.05 bits per heavy atom. The van der Waals surface area contributed by atoms with Crippen LogP contribution in [0.2, 0.25) is 0 Å². The predicted molar refractivity (Wildman–Crippen MR) is 147 cm³/mol. The number of carbonyl (C=O) groups is 1. The van der Waals surface area contributed by atoms with Crippen molar-refractivity contribution in [2.45, 2.75) is 32.4 Å². The van der Waals surface area contributed by atoms with Crippen LogP contribution < -0.4 is 16.0 Å². The third-order valence-electron chi connectivity index (χ3n) is 7.00. The predicted octanol–water partition coefficient (Wildman–Crippen LogP) is 2.88. The molecule has 0 bridgehead atoms. The maximum atomic E-state index is 12.3. The number of aromatic nitrogens is 3. The van der Waals surface area contributed by atoms with Gasteiger partial charge in [0.05, 0.1) is 16.8 Å². The number of nitrogens with one attached hydrogen (secondary N) is 1. The van der Waals surface area contributed by atoms with Crippen LogP contribution in [-0.4, -0.2) is 61.9 Å². The molecule has 3 heterocycles. The summed E-state index contributed by atoms with van der Waals surface area (Å²) in [5, 5.41) is 19.8. The minimum Gasteiger partial charge on any atom is -0.504 e. The van der Waals surface area contributed by atoms with Gasteiger partial charge in [-0.1, -0.05) is 12.1 Å². The molecule has 1 aliphatic heterocycles. The van der Waals surface area contributed by atoms with Gasteiger partial charge in [-0.15, -0.1) is 0 Å². The van der Waals surface area contributed by atoms with Crippen LogP contribution in [0.15, 0.2) is 64.3 Å². The molecular weight excluding hydrogens is 516 g/mol. The molecule has 0 radical (unpaired) electrons. The molecule has 0 spiro atoms. The van der Waals surface area contributed by atoms with E-state index in [-0.39, 0.29) is 41.8 Å². The first-order chi connectivity index (χ1) is 19.3. The Labute approximate surface area is 229 Å². The molecule has 1 saturated heterocycles. The quantitative estimate of drug-likeness (QED) is 0.172. The van der Waals surface area contributed by atoms with Crippen molar-refractivity contribution < 1.29 is 24.5 Å². The molecule has 40 heavy (non-hydrogen) atoms. The van der Waals surface area contributed by atoms with Gasteiger partial charge in [-0.3, -0.25) is 24.2 Å². The molecule has 0 aliphatic carbocycles. The molecule has 2 aromatic heterocycles. The van der Waals surface area contributed by atoms with Gasteiger partial charge in [-0.2, -0.15) is 0 Å². The first kappa shape index (κ1) is 26.9. The Kier molecular flexibility index (Phi) is 7.83. The second-order valence-electron chi connectivity index (χ2n) is 9.80. The molecule has 2 aromatic carbocycles. The number of para-hydroxylation sites is 1. The van der Waals surface area contributed by atoms with Crippen LogP contribution in [0.4, 0.5) is 0 Å². The number of fused-ring (bicyclic) bond motifs is 1. The molecule has 4 aromatic rings. The van der Waals surface area contributed by atoms with E-state index in [1.54, 1.807) is 17.7 Å². The minimum absolute atomic E-state index is 0.0104. The van der Waals surface area contributed by atoms with E-state index in [1.807, 2.05) is 30.3 Å². The molecule has 0 atom stereocenters. The Balaban J connectivity index is 1.21. The number of nitrogens with zero attached hydrogens (tertiary/aromatic N) is 3. The van der Waals surface area contributed by atoms with Crippen LogP contribution in [0.3, 0.4) is 0 Å². The van der Waals surface area contributed by atoms with E-state index in [2.05, 4.69) is 9.88 Å². The van der Waals surface area contributed by atoms with Crippen LogP contribution in [0, 0.1) is 6.92 Å². The lowest BCUT2D eigenvalue weighted by molar-refractivity contribution is 0.0450. The zero-order valence-electron chi connectivity index (χ0n) is 22.0. The first-order valence-electron chi connectivity index (χ1n) is 13.0. The number of pyridine rings is 1. The van der Waals surface area contributed by atoms with E-state index >= 15 is 0 Å². The maximum Gasteiger partial charge on any atom is 0.338 e. The van der Waals surface area contributed by atoms with Gasteiger partial charge in [0.1, 0.15) is 19.0 Å². The number of hydrogen-bond acceptors (Lipinski definition) is 9. The smallest absolute Gasteiger partial charge is 0.338 e. The van der Waals surface area contributed by atoms with Gasteiger partial charge in [-0.25, -0.2) is 9.59 Å². The van der Waals surface area contributed by atoms with Crippen LogP contribution in [0.25, 0.3) is 10.9 Å². The van der Waals surface area contributed by atoms with Crippen LogP contribution >= 0.6 is 0 Å². The average Bonchev–Trinajstić information content (AvgIpc) is 2.95. The van der Waals surface area contributed by atoms with Crippen molar-refractivity contribution in [1.29, 1.82) is 0 Å². The van der Waals surface area contributed by atoms with Crippen LogP contribution in [-0.2, 0) is 11.3 Å². The third-order valence-corrected chi connectivity index (χ3v) is 7.00. The van der Waals surface area contributed by atoms with Gasteiger partial charge in [0.15, 0.2) is 11.5 Å². The van der Waals surface area contributed by atoms with Crippen molar-refractivity contribution in [2.75, 3.05) is 26.3 Å². The fourth-order valence-electron chi connectivity index (χ4n) is 4.86. The first-order valence-corrected chi connectivity index (χ1v) is 13.0. The second-order valence-corrected chi connectivity index (χ2v) is 9.80. The summed E-state index contributed by atoms with van der Waals surface area (Å²) < 4.78 is 12.9. The number of ether oxygens (including phenoxy) is 2. The highest BCUT2D eigenvalue weighted by molar-refractivity contribution is 5.90. The Morgan fingerprint density at radius 2 is 1.82 bits per heavy atom. The summed E-state index contributed by atoms with van der Waals surface area (Å²) in [7, 11) is 0. The largest absolute Gasteiger partial charge is 0.504 e. The Bertz CT molecular complexity index is 1650. The summed E-state index contributed by atoms with van der Waals surface area (Å²) in [6, 6.07) is 13.3. The van der Waals surface area contributed by atoms with Gasteiger partial charge >= 0.3 is 11.7 Å². The van der Waals surface area contributed by atoms with Crippen molar-refractivity contribution in [3.8, 4) is 17.2 Å². The van der Waals surface area contributed by atoms with Crippen molar-refractivity contribution in [3.05, 3.63) is 92.4 Å².